The molecule has 1 N–H and O–H groups in total. The number of alkyl halides is 3. The summed E-state index contributed by atoms with van der Waals surface area (Å²) in [6, 6.07) is 12.9. The molecular weight excluding hydrogens is 335 g/mol. The molecule has 0 bridgehead atoms. The molecule has 0 aliphatic carbocycles. The van der Waals surface area contributed by atoms with Gasteiger partial charge in [-0.25, -0.2) is 9.78 Å². The predicted molar refractivity (Wildman–Crippen MR) is 85.7 cm³/mol. The molecule has 0 radical (unpaired) electrons. The number of carboxylic acids is 1. The molecule has 0 saturated heterocycles. The van der Waals surface area contributed by atoms with Crippen molar-refractivity contribution < 1.29 is 27.8 Å². The molecule has 0 amide bonds. The molecule has 0 aliphatic heterocycles. The third-order valence-electron chi connectivity index (χ3n) is 3.55. The van der Waals surface area contributed by atoms with E-state index in [1.54, 1.807) is 36.4 Å². The number of rotatable bonds is 4. The molecule has 25 heavy (non-hydrogen) atoms. The van der Waals surface area contributed by atoms with Gasteiger partial charge in [-0.3, -0.25) is 0 Å². The highest BCUT2D eigenvalue weighted by Crippen LogP contribution is 2.35. The summed E-state index contributed by atoms with van der Waals surface area (Å²) in [7, 11) is 0. The Labute approximate surface area is 140 Å². The Morgan fingerprint density at radius 1 is 1.08 bits per heavy atom. The number of pyridine rings is 1. The number of hydrogen-bond donors (Lipinski definition) is 1. The number of para-hydroxylation sites is 1. The Kier molecular flexibility index (Phi) is 4.31. The van der Waals surface area contributed by atoms with Crippen LogP contribution in [0, 0.1) is 0 Å². The lowest BCUT2D eigenvalue weighted by Crippen LogP contribution is -2.19. The molecule has 0 saturated carbocycles. The minimum Gasteiger partial charge on any atom is -0.483 e. The highest BCUT2D eigenvalue weighted by molar-refractivity contribution is 6.00. The summed E-state index contributed by atoms with van der Waals surface area (Å²) in [5, 5.41) is 10.4. The molecule has 0 atom stereocenters. The monoisotopic (exact) mass is 347 g/mol. The van der Waals surface area contributed by atoms with Crippen molar-refractivity contribution in [2.75, 3.05) is 6.61 Å². The van der Waals surface area contributed by atoms with Gasteiger partial charge in [0.05, 0.1) is 0 Å². The van der Waals surface area contributed by atoms with E-state index in [9.17, 15) is 18.0 Å². The van der Waals surface area contributed by atoms with Crippen LogP contribution in [0.1, 0.15) is 10.5 Å². The fourth-order valence-electron chi connectivity index (χ4n) is 2.50. The molecule has 4 nitrogen and oxygen atoms in total. The van der Waals surface area contributed by atoms with Crippen LogP contribution in [0.2, 0.25) is 0 Å². The number of ether oxygens (including phenoxy) is 1. The second-order valence-electron chi connectivity index (χ2n) is 5.30. The third-order valence-corrected chi connectivity index (χ3v) is 3.55. The SMILES string of the molecule is O=C(O)c1cc2c(-c3ccccc3OCC(F)(F)F)cccc2cn1. The van der Waals surface area contributed by atoms with Crippen molar-refractivity contribution in [1.29, 1.82) is 0 Å². The molecule has 3 rings (SSSR count). The lowest BCUT2D eigenvalue weighted by Gasteiger charge is -2.14. The summed E-state index contributed by atoms with van der Waals surface area (Å²) >= 11 is 0. The minimum absolute atomic E-state index is 0.0704. The number of aromatic carboxylic acids is 1. The number of benzene rings is 2. The second-order valence-corrected chi connectivity index (χ2v) is 5.30. The van der Waals surface area contributed by atoms with E-state index in [1.165, 1.54) is 18.3 Å². The zero-order chi connectivity index (χ0) is 18.0. The third kappa shape index (κ3) is 3.71. The van der Waals surface area contributed by atoms with Crippen LogP contribution >= 0.6 is 0 Å². The average molecular weight is 347 g/mol. The minimum atomic E-state index is -4.45. The smallest absolute Gasteiger partial charge is 0.422 e. The van der Waals surface area contributed by atoms with Crippen molar-refractivity contribution in [3.05, 3.63) is 60.4 Å². The van der Waals surface area contributed by atoms with E-state index >= 15 is 0 Å². The maximum Gasteiger partial charge on any atom is 0.422 e. The van der Waals surface area contributed by atoms with Gasteiger partial charge >= 0.3 is 12.1 Å². The van der Waals surface area contributed by atoms with E-state index < -0.39 is 18.8 Å². The molecule has 1 aromatic heterocycles. The molecule has 2 aromatic carbocycles. The zero-order valence-electron chi connectivity index (χ0n) is 12.7. The van der Waals surface area contributed by atoms with Gasteiger partial charge in [0.25, 0.3) is 0 Å². The first-order chi connectivity index (χ1) is 11.8. The topological polar surface area (TPSA) is 59.4 Å². The number of aromatic nitrogens is 1. The van der Waals surface area contributed by atoms with Gasteiger partial charge < -0.3 is 9.84 Å². The van der Waals surface area contributed by atoms with Crippen LogP contribution in [0.5, 0.6) is 5.75 Å². The highest BCUT2D eigenvalue weighted by atomic mass is 19.4. The lowest BCUT2D eigenvalue weighted by molar-refractivity contribution is -0.153. The van der Waals surface area contributed by atoms with Crippen molar-refractivity contribution in [3.8, 4) is 16.9 Å². The Bertz CT molecular complexity index is 938. The Morgan fingerprint density at radius 3 is 2.52 bits per heavy atom. The Balaban J connectivity index is 2.13. The quantitative estimate of drug-likeness (QED) is 0.753. The van der Waals surface area contributed by atoms with Crippen LogP contribution in [-0.4, -0.2) is 28.8 Å². The summed E-state index contributed by atoms with van der Waals surface area (Å²) in [6.07, 6.45) is -3.03. The average Bonchev–Trinajstić information content (AvgIpc) is 2.58. The molecule has 0 spiro atoms. The van der Waals surface area contributed by atoms with E-state index in [2.05, 4.69) is 4.98 Å². The highest BCUT2D eigenvalue weighted by Gasteiger charge is 2.29. The molecule has 1 heterocycles. The van der Waals surface area contributed by atoms with E-state index in [-0.39, 0.29) is 11.4 Å². The van der Waals surface area contributed by atoms with Crippen LogP contribution in [0.3, 0.4) is 0 Å². The van der Waals surface area contributed by atoms with Gasteiger partial charge in [-0.1, -0.05) is 36.4 Å². The maximum atomic E-state index is 12.5. The summed E-state index contributed by atoms with van der Waals surface area (Å²) in [6.45, 7) is -1.41. The number of nitrogens with zero attached hydrogens (tertiary/aromatic N) is 1. The predicted octanol–water partition coefficient (Wildman–Crippen LogP) is 4.54. The molecule has 128 valence electrons. The molecule has 3 aromatic rings. The van der Waals surface area contributed by atoms with Gasteiger partial charge in [-0.2, -0.15) is 13.2 Å². The van der Waals surface area contributed by atoms with E-state index in [4.69, 9.17) is 9.84 Å². The molecule has 0 fully saturated rings. The summed E-state index contributed by atoms with van der Waals surface area (Å²) in [5.74, 6) is -1.11. The van der Waals surface area contributed by atoms with E-state index in [1.807, 2.05) is 0 Å². The molecule has 0 aliphatic rings. The number of hydrogen-bond acceptors (Lipinski definition) is 3. The first kappa shape index (κ1) is 16.8. The summed E-state index contributed by atoms with van der Waals surface area (Å²) < 4.78 is 42.3. The van der Waals surface area contributed by atoms with Crippen LogP contribution < -0.4 is 4.74 Å². The van der Waals surface area contributed by atoms with Crippen molar-refractivity contribution >= 4 is 16.7 Å². The number of carbonyl (C=O) groups is 1. The first-order valence-corrected chi connectivity index (χ1v) is 7.26. The molecule has 0 unspecified atom stereocenters. The van der Waals surface area contributed by atoms with Gasteiger partial charge in [0, 0.05) is 17.1 Å². The number of fused-ring (bicyclic) bond motifs is 1. The van der Waals surface area contributed by atoms with Gasteiger partial charge in [-0.15, -0.1) is 0 Å². The molecule has 7 heteroatoms. The second kappa shape index (κ2) is 6.43. The maximum absolute atomic E-state index is 12.5. The van der Waals surface area contributed by atoms with Crippen molar-refractivity contribution in [2.45, 2.75) is 6.18 Å². The normalized spacial score (nSPS) is 11.5. The van der Waals surface area contributed by atoms with Gasteiger partial charge in [0.15, 0.2) is 6.61 Å². The lowest BCUT2D eigenvalue weighted by atomic mass is 9.98. The standard InChI is InChI=1S/C18H12F3NO3/c19-18(20,21)10-25-16-7-2-1-5-13(16)12-6-3-4-11-9-22-15(17(23)24)8-14(11)12/h1-9H,10H2,(H,23,24). The van der Waals surface area contributed by atoms with Crippen LogP contribution in [0.15, 0.2) is 54.7 Å². The van der Waals surface area contributed by atoms with Gasteiger partial charge in [-0.05, 0) is 23.1 Å². The van der Waals surface area contributed by atoms with Crippen molar-refractivity contribution in [2.24, 2.45) is 0 Å². The summed E-state index contributed by atoms with van der Waals surface area (Å²) in [5.41, 5.74) is 0.869. The number of carboxylic acid groups (broad SMARTS) is 1. The van der Waals surface area contributed by atoms with Gasteiger partial charge in [0.1, 0.15) is 11.4 Å². The van der Waals surface area contributed by atoms with Gasteiger partial charge in [0.2, 0.25) is 0 Å². The fourth-order valence-corrected chi connectivity index (χ4v) is 2.50. The Morgan fingerprint density at radius 2 is 1.80 bits per heavy atom. The Hall–Kier alpha value is -3.09. The first-order valence-electron chi connectivity index (χ1n) is 7.26. The number of halogens is 3. The van der Waals surface area contributed by atoms with Crippen molar-refractivity contribution in [3.63, 3.8) is 0 Å². The van der Waals surface area contributed by atoms with Crippen LogP contribution in [-0.2, 0) is 0 Å². The fraction of sp³-hybridized carbons (Fsp3) is 0.111. The van der Waals surface area contributed by atoms with Crippen molar-refractivity contribution in [1.82, 2.24) is 4.98 Å². The zero-order valence-corrected chi connectivity index (χ0v) is 12.7. The van der Waals surface area contributed by atoms with E-state index in [0.717, 1.165) is 0 Å². The summed E-state index contributed by atoms with van der Waals surface area (Å²) in [4.78, 5) is 15.0. The largest absolute Gasteiger partial charge is 0.483 e. The molecular formula is C18H12F3NO3. The van der Waals surface area contributed by atoms with Crippen LogP contribution in [0.25, 0.3) is 21.9 Å². The van der Waals surface area contributed by atoms with E-state index in [0.29, 0.717) is 21.9 Å². The van der Waals surface area contributed by atoms with Crippen LogP contribution in [0.4, 0.5) is 13.2 Å².